The summed E-state index contributed by atoms with van der Waals surface area (Å²) in [4.78, 5) is 24.1. The van der Waals surface area contributed by atoms with E-state index in [1.54, 1.807) is 0 Å². The van der Waals surface area contributed by atoms with Crippen LogP contribution in [0.1, 0.15) is 13.3 Å². The summed E-state index contributed by atoms with van der Waals surface area (Å²) in [6.07, 6.45) is 8.10. The fourth-order valence-corrected chi connectivity index (χ4v) is 3.77. The standard InChI is InChI=1S/C14H16O4/c1-12-8-9(12)13(10(15)17-2)4-6-14(12,7-5-13)11(16)18-3/h4-7,9H,8H2,1-3H3. The maximum atomic E-state index is 12.1. The zero-order valence-electron chi connectivity index (χ0n) is 10.7. The van der Waals surface area contributed by atoms with Crippen molar-refractivity contribution in [3.05, 3.63) is 24.3 Å². The molecule has 0 aromatic heterocycles. The molecule has 0 aliphatic heterocycles. The predicted molar refractivity (Wildman–Crippen MR) is 63.4 cm³/mol. The van der Waals surface area contributed by atoms with E-state index >= 15 is 0 Å². The van der Waals surface area contributed by atoms with E-state index in [2.05, 4.69) is 0 Å². The molecule has 4 nitrogen and oxygen atoms in total. The Morgan fingerprint density at radius 2 is 1.61 bits per heavy atom. The van der Waals surface area contributed by atoms with Gasteiger partial charge in [0.05, 0.1) is 14.2 Å². The van der Waals surface area contributed by atoms with Gasteiger partial charge in [0, 0.05) is 0 Å². The van der Waals surface area contributed by atoms with E-state index in [1.165, 1.54) is 14.2 Å². The molecule has 0 N–H and O–H groups in total. The number of rotatable bonds is 2. The highest BCUT2D eigenvalue weighted by Crippen LogP contribution is 2.76. The van der Waals surface area contributed by atoms with E-state index in [4.69, 9.17) is 9.47 Å². The maximum Gasteiger partial charge on any atom is 0.320 e. The Balaban J connectivity index is 2.11. The van der Waals surface area contributed by atoms with Gasteiger partial charge in [0.1, 0.15) is 10.8 Å². The van der Waals surface area contributed by atoms with Gasteiger partial charge < -0.3 is 9.47 Å². The van der Waals surface area contributed by atoms with Crippen molar-refractivity contribution in [2.45, 2.75) is 13.3 Å². The Labute approximate surface area is 106 Å². The average Bonchev–Trinajstić information content (AvgIpc) is 3.13. The largest absolute Gasteiger partial charge is 0.468 e. The van der Waals surface area contributed by atoms with E-state index in [0.717, 1.165) is 6.42 Å². The van der Waals surface area contributed by atoms with Crippen LogP contribution in [0.3, 0.4) is 0 Å². The summed E-state index contributed by atoms with van der Waals surface area (Å²) in [5.41, 5.74) is -1.61. The quantitative estimate of drug-likeness (QED) is 0.548. The van der Waals surface area contributed by atoms with Gasteiger partial charge >= 0.3 is 11.9 Å². The first-order chi connectivity index (χ1) is 8.47. The van der Waals surface area contributed by atoms with Gasteiger partial charge in [0.15, 0.2) is 0 Å². The molecular formula is C14H16O4. The number of hydrogen-bond donors (Lipinski definition) is 0. The molecule has 1 saturated carbocycles. The summed E-state index contributed by atoms with van der Waals surface area (Å²) in [7, 11) is 2.80. The Morgan fingerprint density at radius 3 is 2.11 bits per heavy atom. The van der Waals surface area contributed by atoms with Crippen molar-refractivity contribution in [2.24, 2.45) is 22.2 Å². The Bertz CT molecular complexity index is 488. The topological polar surface area (TPSA) is 52.6 Å². The molecule has 0 heterocycles. The van der Waals surface area contributed by atoms with Gasteiger partial charge in [0.2, 0.25) is 0 Å². The highest BCUT2D eigenvalue weighted by Gasteiger charge is 2.76. The number of carbonyl (C=O) groups is 2. The first-order valence-corrected chi connectivity index (χ1v) is 6.04. The minimum Gasteiger partial charge on any atom is -0.468 e. The van der Waals surface area contributed by atoms with Gasteiger partial charge in [-0.15, -0.1) is 0 Å². The molecule has 0 amide bonds. The van der Waals surface area contributed by atoms with E-state index in [1.807, 2.05) is 31.2 Å². The molecule has 96 valence electrons. The zero-order chi connectivity index (χ0) is 13.2. The molecule has 0 aromatic carbocycles. The highest BCUT2D eigenvalue weighted by molar-refractivity contribution is 5.91. The fourth-order valence-electron chi connectivity index (χ4n) is 3.77. The number of methoxy groups -OCH3 is 2. The first-order valence-electron chi connectivity index (χ1n) is 6.04. The zero-order valence-corrected chi connectivity index (χ0v) is 10.7. The maximum absolute atomic E-state index is 12.1. The molecule has 0 spiro atoms. The van der Waals surface area contributed by atoms with Crippen molar-refractivity contribution in [2.75, 3.05) is 14.2 Å². The van der Waals surface area contributed by atoms with Gasteiger partial charge in [-0.3, -0.25) is 9.59 Å². The summed E-state index contributed by atoms with van der Waals surface area (Å²) >= 11 is 0. The molecule has 0 saturated heterocycles. The van der Waals surface area contributed by atoms with E-state index in [9.17, 15) is 9.59 Å². The SMILES string of the molecule is COC(=O)C12C=CC(C(=O)OC)(C=C1)C1(C)CC21. The number of hydrogen-bond acceptors (Lipinski definition) is 4. The van der Waals surface area contributed by atoms with Crippen LogP contribution in [0.4, 0.5) is 0 Å². The van der Waals surface area contributed by atoms with Crippen molar-refractivity contribution < 1.29 is 19.1 Å². The molecule has 2 atom stereocenters. The van der Waals surface area contributed by atoms with E-state index < -0.39 is 10.8 Å². The van der Waals surface area contributed by atoms with Crippen LogP contribution in [0.5, 0.6) is 0 Å². The molecule has 4 rings (SSSR count). The molecule has 4 aliphatic carbocycles. The highest BCUT2D eigenvalue weighted by atomic mass is 16.5. The molecule has 2 bridgehead atoms. The second-order valence-electron chi connectivity index (χ2n) is 5.63. The van der Waals surface area contributed by atoms with Gasteiger partial charge in [-0.05, 0) is 17.8 Å². The van der Waals surface area contributed by atoms with Crippen LogP contribution < -0.4 is 0 Å². The molecule has 4 aliphatic rings. The van der Waals surface area contributed by atoms with Crippen LogP contribution in [0.25, 0.3) is 0 Å². The molecule has 1 fully saturated rings. The van der Waals surface area contributed by atoms with Crippen molar-refractivity contribution in [1.82, 2.24) is 0 Å². The van der Waals surface area contributed by atoms with Crippen LogP contribution in [0.2, 0.25) is 0 Å². The molecule has 18 heavy (non-hydrogen) atoms. The van der Waals surface area contributed by atoms with Crippen LogP contribution in [-0.4, -0.2) is 26.2 Å². The molecule has 4 heteroatoms. The molecule has 2 unspecified atom stereocenters. The molecular weight excluding hydrogens is 232 g/mol. The smallest absolute Gasteiger partial charge is 0.320 e. The van der Waals surface area contributed by atoms with Crippen LogP contribution >= 0.6 is 0 Å². The number of esters is 2. The third kappa shape index (κ3) is 0.945. The summed E-state index contributed by atoms with van der Waals surface area (Å²) in [6, 6.07) is 0. The van der Waals surface area contributed by atoms with Crippen LogP contribution in [0.15, 0.2) is 24.3 Å². The van der Waals surface area contributed by atoms with Gasteiger partial charge in [-0.1, -0.05) is 31.2 Å². The van der Waals surface area contributed by atoms with Crippen LogP contribution in [0, 0.1) is 22.2 Å². The summed E-state index contributed by atoms with van der Waals surface area (Å²) in [5, 5.41) is 0. The average molecular weight is 248 g/mol. The van der Waals surface area contributed by atoms with E-state index in [0.29, 0.717) is 0 Å². The second kappa shape index (κ2) is 3.05. The van der Waals surface area contributed by atoms with Crippen LogP contribution in [-0.2, 0) is 19.1 Å². The lowest BCUT2D eigenvalue weighted by Crippen LogP contribution is -2.49. The second-order valence-corrected chi connectivity index (χ2v) is 5.63. The summed E-state index contributed by atoms with van der Waals surface area (Å²) in [5.74, 6) is -0.369. The number of carbonyl (C=O) groups excluding carboxylic acids is 2. The molecule has 0 aromatic rings. The third-order valence-corrected chi connectivity index (χ3v) is 5.06. The normalized spacial score (nSPS) is 46.5. The summed E-state index contributed by atoms with van der Waals surface area (Å²) in [6.45, 7) is 2.04. The van der Waals surface area contributed by atoms with Gasteiger partial charge in [0.25, 0.3) is 0 Å². The minimum absolute atomic E-state index is 0.131. The molecule has 0 radical (unpaired) electrons. The Morgan fingerprint density at radius 1 is 1.06 bits per heavy atom. The lowest BCUT2D eigenvalue weighted by atomic mass is 9.57. The van der Waals surface area contributed by atoms with Crippen molar-refractivity contribution in [3.8, 4) is 0 Å². The third-order valence-electron chi connectivity index (χ3n) is 5.06. The van der Waals surface area contributed by atoms with Crippen molar-refractivity contribution in [1.29, 1.82) is 0 Å². The van der Waals surface area contributed by atoms with Crippen molar-refractivity contribution >= 4 is 11.9 Å². The minimum atomic E-state index is -0.706. The predicted octanol–water partition coefficient (Wildman–Crippen LogP) is 1.47. The Kier molecular flexibility index (Phi) is 1.95. The van der Waals surface area contributed by atoms with Crippen molar-refractivity contribution in [3.63, 3.8) is 0 Å². The number of ether oxygens (including phenoxy) is 2. The monoisotopic (exact) mass is 248 g/mol. The van der Waals surface area contributed by atoms with Gasteiger partial charge in [-0.25, -0.2) is 0 Å². The fraction of sp³-hybridized carbons (Fsp3) is 0.571. The summed E-state index contributed by atoms with van der Waals surface area (Å²) < 4.78 is 9.85. The van der Waals surface area contributed by atoms with E-state index in [-0.39, 0.29) is 23.3 Å². The lowest BCUT2D eigenvalue weighted by Gasteiger charge is -2.44. The lowest BCUT2D eigenvalue weighted by molar-refractivity contribution is -0.156. The van der Waals surface area contributed by atoms with Gasteiger partial charge in [-0.2, -0.15) is 0 Å². The Hall–Kier alpha value is -1.58. The first kappa shape index (κ1) is 11.5.